The molecular formula is C19H17ClN4O7. The average Bonchev–Trinajstić information content (AvgIpc) is 3.21. The molecule has 4 rings (SSSR count). The molecule has 1 saturated heterocycles. The van der Waals surface area contributed by atoms with Crippen molar-refractivity contribution in [2.75, 3.05) is 33.0 Å². The molecule has 12 heteroatoms. The van der Waals surface area contributed by atoms with E-state index in [4.69, 9.17) is 21.1 Å². The third kappa shape index (κ3) is 4.23. The summed E-state index contributed by atoms with van der Waals surface area (Å²) >= 11 is 5.76. The van der Waals surface area contributed by atoms with Crippen LogP contribution in [-0.2, 0) is 6.54 Å². The summed E-state index contributed by atoms with van der Waals surface area (Å²) in [6.45, 7) is 2.80. The molecule has 2 aliphatic rings. The van der Waals surface area contributed by atoms with Crippen LogP contribution in [0, 0.1) is 20.2 Å². The first-order valence-electron chi connectivity index (χ1n) is 9.36. The number of nitro groups is 2. The van der Waals surface area contributed by atoms with E-state index in [0.29, 0.717) is 44.2 Å². The molecule has 2 aromatic rings. The molecule has 11 nitrogen and oxygen atoms in total. The number of fused-ring (bicyclic) bond motifs is 1. The van der Waals surface area contributed by atoms with E-state index in [1.54, 1.807) is 0 Å². The van der Waals surface area contributed by atoms with Gasteiger partial charge in [-0.3, -0.25) is 29.9 Å². The fourth-order valence-electron chi connectivity index (χ4n) is 3.57. The highest BCUT2D eigenvalue weighted by molar-refractivity contribution is 6.35. The van der Waals surface area contributed by atoms with Crippen LogP contribution in [-0.4, -0.2) is 58.5 Å². The molecule has 0 spiro atoms. The molecule has 0 unspecified atom stereocenters. The number of nitrogens with zero attached hydrogens (tertiary/aromatic N) is 4. The van der Waals surface area contributed by atoms with E-state index in [1.807, 2.05) is 18.2 Å². The normalized spacial score (nSPS) is 15.7. The van der Waals surface area contributed by atoms with Gasteiger partial charge < -0.3 is 14.4 Å². The van der Waals surface area contributed by atoms with Crippen molar-refractivity contribution in [2.45, 2.75) is 6.54 Å². The van der Waals surface area contributed by atoms with E-state index in [1.165, 1.54) is 4.90 Å². The van der Waals surface area contributed by atoms with Gasteiger partial charge in [-0.2, -0.15) is 0 Å². The van der Waals surface area contributed by atoms with Crippen LogP contribution in [0.25, 0.3) is 0 Å². The third-order valence-corrected chi connectivity index (χ3v) is 5.56. The summed E-state index contributed by atoms with van der Waals surface area (Å²) in [7, 11) is 0. The van der Waals surface area contributed by atoms with Gasteiger partial charge in [0, 0.05) is 44.9 Å². The van der Waals surface area contributed by atoms with Crippen molar-refractivity contribution in [1.29, 1.82) is 0 Å². The summed E-state index contributed by atoms with van der Waals surface area (Å²) in [5, 5.41) is 21.8. The van der Waals surface area contributed by atoms with E-state index >= 15 is 0 Å². The van der Waals surface area contributed by atoms with Crippen molar-refractivity contribution >= 4 is 28.9 Å². The zero-order valence-corrected chi connectivity index (χ0v) is 16.9. The maximum atomic E-state index is 12.8. The fourth-order valence-corrected chi connectivity index (χ4v) is 3.82. The van der Waals surface area contributed by atoms with Gasteiger partial charge in [-0.15, -0.1) is 0 Å². The van der Waals surface area contributed by atoms with Crippen LogP contribution in [0.1, 0.15) is 15.9 Å². The fraction of sp³-hybridized carbons (Fsp3) is 0.316. The number of hydrogen-bond donors (Lipinski definition) is 0. The van der Waals surface area contributed by atoms with Gasteiger partial charge in [-0.25, -0.2) is 0 Å². The van der Waals surface area contributed by atoms with E-state index in [2.05, 4.69) is 4.90 Å². The molecular weight excluding hydrogens is 432 g/mol. The van der Waals surface area contributed by atoms with Crippen LogP contribution in [0.3, 0.4) is 0 Å². The molecule has 2 aromatic carbocycles. The number of piperazine rings is 1. The van der Waals surface area contributed by atoms with Gasteiger partial charge in [0.25, 0.3) is 17.3 Å². The second-order valence-corrected chi connectivity index (χ2v) is 7.48. The Hall–Kier alpha value is -3.44. The Morgan fingerprint density at radius 3 is 2.19 bits per heavy atom. The van der Waals surface area contributed by atoms with Crippen molar-refractivity contribution in [3.8, 4) is 11.5 Å². The molecule has 162 valence electrons. The number of hydrogen-bond acceptors (Lipinski definition) is 8. The molecule has 0 radical (unpaired) electrons. The molecule has 1 amide bonds. The van der Waals surface area contributed by atoms with Gasteiger partial charge >= 0.3 is 0 Å². The number of nitro benzene ring substituents is 2. The molecule has 0 aromatic heterocycles. The highest BCUT2D eigenvalue weighted by atomic mass is 35.5. The summed E-state index contributed by atoms with van der Waals surface area (Å²) < 4.78 is 10.7. The van der Waals surface area contributed by atoms with Crippen molar-refractivity contribution in [1.82, 2.24) is 9.80 Å². The van der Waals surface area contributed by atoms with Crippen LogP contribution >= 0.6 is 11.6 Å². The lowest BCUT2D eigenvalue weighted by Crippen LogP contribution is -2.48. The minimum atomic E-state index is -0.838. The van der Waals surface area contributed by atoms with E-state index in [-0.39, 0.29) is 12.4 Å². The van der Waals surface area contributed by atoms with E-state index < -0.39 is 32.2 Å². The van der Waals surface area contributed by atoms with Crippen molar-refractivity contribution in [3.63, 3.8) is 0 Å². The predicted molar refractivity (Wildman–Crippen MR) is 109 cm³/mol. The Morgan fingerprint density at radius 2 is 1.58 bits per heavy atom. The molecule has 1 fully saturated rings. The van der Waals surface area contributed by atoms with E-state index in [0.717, 1.165) is 17.7 Å². The highest BCUT2D eigenvalue weighted by Gasteiger charge is 2.30. The number of rotatable bonds is 5. The van der Waals surface area contributed by atoms with Crippen molar-refractivity contribution < 1.29 is 24.1 Å². The zero-order chi connectivity index (χ0) is 22.1. The monoisotopic (exact) mass is 448 g/mol. The van der Waals surface area contributed by atoms with Crippen molar-refractivity contribution in [2.24, 2.45) is 0 Å². The quantitative estimate of drug-likeness (QED) is 0.504. The summed E-state index contributed by atoms with van der Waals surface area (Å²) in [6.07, 6.45) is 0. The second kappa shape index (κ2) is 8.36. The Kier molecular flexibility index (Phi) is 5.61. The maximum absolute atomic E-state index is 12.8. The minimum absolute atomic E-state index is 0.132. The first-order valence-corrected chi connectivity index (χ1v) is 9.74. The first kappa shape index (κ1) is 20.8. The van der Waals surface area contributed by atoms with Gasteiger partial charge in [0.2, 0.25) is 6.79 Å². The lowest BCUT2D eigenvalue weighted by molar-refractivity contribution is -0.393. The number of halogens is 1. The highest BCUT2D eigenvalue weighted by Crippen LogP contribution is 2.35. The second-order valence-electron chi connectivity index (χ2n) is 7.10. The summed E-state index contributed by atoms with van der Waals surface area (Å²) in [4.78, 5) is 37.2. The van der Waals surface area contributed by atoms with Crippen molar-refractivity contribution in [3.05, 3.63) is 66.7 Å². The smallest absolute Gasteiger partial charge is 0.295 e. The SMILES string of the molecule is O=C(c1cc([N+](=O)[O-])c(Cl)c([N+](=O)[O-])c1)N1CCN(Cc2ccc3c(c2)OCO3)CC1. The Balaban J connectivity index is 1.43. The molecule has 0 atom stereocenters. The summed E-state index contributed by atoms with van der Waals surface area (Å²) in [6, 6.07) is 7.70. The van der Waals surface area contributed by atoms with Crippen LogP contribution < -0.4 is 9.47 Å². The zero-order valence-electron chi connectivity index (χ0n) is 16.2. The lowest BCUT2D eigenvalue weighted by atomic mass is 10.1. The molecule has 0 N–H and O–H groups in total. The maximum Gasteiger partial charge on any atom is 0.295 e. The Morgan fingerprint density at radius 1 is 0.968 bits per heavy atom. The predicted octanol–water partition coefficient (Wildman–Crippen LogP) is 2.84. The van der Waals surface area contributed by atoms with Crippen LogP contribution in [0.4, 0.5) is 11.4 Å². The number of ether oxygens (including phenoxy) is 2. The topological polar surface area (TPSA) is 128 Å². The standard InChI is InChI=1S/C19H17ClN4O7/c20-18-14(23(26)27)8-13(9-15(18)24(28)29)19(25)22-5-3-21(4-6-22)10-12-1-2-16-17(7-12)31-11-30-16/h1-2,7-9H,3-6,10-11H2. The first-order chi connectivity index (χ1) is 14.8. The van der Waals surface area contributed by atoms with Gasteiger partial charge in [0.15, 0.2) is 16.5 Å². The lowest BCUT2D eigenvalue weighted by Gasteiger charge is -2.34. The van der Waals surface area contributed by atoms with Gasteiger partial charge in [0.1, 0.15) is 0 Å². The number of amides is 1. The van der Waals surface area contributed by atoms with Crippen LogP contribution in [0.2, 0.25) is 5.02 Å². The van der Waals surface area contributed by atoms with Gasteiger partial charge in [0.05, 0.1) is 15.4 Å². The molecule has 0 bridgehead atoms. The molecule has 31 heavy (non-hydrogen) atoms. The number of carbonyl (C=O) groups excluding carboxylic acids is 1. The van der Waals surface area contributed by atoms with Gasteiger partial charge in [-0.05, 0) is 17.7 Å². The number of benzene rings is 2. The average molecular weight is 449 g/mol. The minimum Gasteiger partial charge on any atom is -0.454 e. The number of carbonyl (C=O) groups is 1. The third-order valence-electron chi connectivity index (χ3n) is 5.18. The molecule has 0 aliphatic carbocycles. The molecule has 2 heterocycles. The van der Waals surface area contributed by atoms with Crippen LogP contribution in [0.15, 0.2) is 30.3 Å². The Labute approximate surface area is 181 Å². The largest absolute Gasteiger partial charge is 0.454 e. The summed E-state index contributed by atoms with van der Waals surface area (Å²) in [5.74, 6) is 0.910. The van der Waals surface area contributed by atoms with Crippen LogP contribution in [0.5, 0.6) is 11.5 Å². The Bertz CT molecular complexity index is 1030. The van der Waals surface area contributed by atoms with Gasteiger partial charge in [-0.1, -0.05) is 17.7 Å². The molecule has 0 saturated carbocycles. The summed E-state index contributed by atoms with van der Waals surface area (Å²) in [5.41, 5.74) is -0.415. The molecule has 2 aliphatic heterocycles. The van der Waals surface area contributed by atoms with E-state index in [9.17, 15) is 25.0 Å².